The molecule has 19 heavy (non-hydrogen) atoms. The van der Waals surface area contributed by atoms with Crippen molar-refractivity contribution in [3.05, 3.63) is 59.7 Å². The monoisotopic (exact) mass is 255 g/mol. The van der Waals surface area contributed by atoms with Gasteiger partial charge < -0.3 is 10.1 Å². The fourth-order valence-corrected chi connectivity index (χ4v) is 2.23. The molecule has 3 rings (SSSR count). The quantitative estimate of drug-likeness (QED) is 0.765. The maximum absolute atomic E-state index is 13.0. The van der Waals surface area contributed by atoms with E-state index in [1.807, 2.05) is 29.7 Å². The highest BCUT2D eigenvalue weighted by Gasteiger charge is 2.12. The van der Waals surface area contributed by atoms with Crippen molar-refractivity contribution in [3.63, 3.8) is 0 Å². The van der Waals surface area contributed by atoms with Gasteiger partial charge in [-0.2, -0.15) is 0 Å². The maximum atomic E-state index is 13.0. The number of aryl methyl sites for hydroxylation is 1. The molecule has 2 heterocycles. The van der Waals surface area contributed by atoms with Gasteiger partial charge in [-0.15, -0.1) is 0 Å². The minimum Gasteiger partial charge on any atom is -0.325 e. The van der Waals surface area contributed by atoms with Crippen LogP contribution in [0.1, 0.15) is 11.3 Å². The van der Waals surface area contributed by atoms with Crippen molar-refractivity contribution in [2.24, 2.45) is 5.73 Å². The highest BCUT2D eigenvalue weighted by molar-refractivity contribution is 5.66. The Labute approximate surface area is 110 Å². The first-order chi connectivity index (χ1) is 9.19. The first kappa shape index (κ1) is 11.9. The Bertz CT molecular complexity index is 729. The number of hydrogen-bond acceptors (Lipinski definition) is 2. The molecule has 0 aliphatic rings. The smallest absolute Gasteiger partial charge is 0.137 e. The summed E-state index contributed by atoms with van der Waals surface area (Å²) in [4.78, 5) is 4.60. The lowest BCUT2D eigenvalue weighted by atomic mass is 10.1. The van der Waals surface area contributed by atoms with Gasteiger partial charge >= 0.3 is 0 Å². The topological polar surface area (TPSA) is 43.3 Å². The number of imidazole rings is 1. The van der Waals surface area contributed by atoms with Crippen LogP contribution in [0.5, 0.6) is 0 Å². The Morgan fingerprint density at radius 2 is 1.95 bits per heavy atom. The molecule has 0 aliphatic carbocycles. The zero-order chi connectivity index (χ0) is 13.4. The molecule has 0 radical (unpaired) electrons. The lowest BCUT2D eigenvalue weighted by Crippen LogP contribution is -2.02. The van der Waals surface area contributed by atoms with Crippen molar-refractivity contribution in [1.82, 2.24) is 9.38 Å². The number of rotatable bonds is 2. The molecule has 0 aliphatic heterocycles. The summed E-state index contributed by atoms with van der Waals surface area (Å²) in [6.07, 6.45) is 1.97. The van der Waals surface area contributed by atoms with Crippen molar-refractivity contribution in [2.75, 3.05) is 0 Å². The molecule has 1 aromatic carbocycles. The number of nitrogens with zero attached hydrogens (tertiary/aromatic N) is 2. The highest BCUT2D eigenvalue weighted by atomic mass is 19.1. The fraction of sp³-hybridized carbons (Fsp3) is 0.133. The molecule has 0 fully saturated rings. The SMILES string of the molecule is Cc1ccn2c(CN)c(-c3ccc(F)cc3)nc2c1. The molecule has 96 valence electrons. The first-order valence-corrected chi connectivity index (χ1v) is 6.12. The molecule has 3 nitrogen and oxygen atoms in total. The summed E-state index contributed by atoms with van der Waals surface area (Å²) in [5.41, 5.74) is 10.5. The largest absolute Gasteiger partial charge is 0.325 e. The number of nitrogens with two attached hydrogens (primary N) is 1. The van der Waals surface area contributed by atoms with Crippen LogP contribution >= 0.6 is 0 Å². The molecule has 0 saturated carbocycles. The van der Waals surface area contributed by atoms with Crippen LogP contribution in [0.3, 0.4) is 0 Å². The van der Waals surface area contributed by atoms with Gasteiger partial charge in [0.05, 0.1) is 11.4 Å². The third-order valence-corrected chi connectivity index (χ3v) is 3.19. The van der Waals surface area contributed by atoms with E-state index in [9.17, 15) is 4.39 Å². The van der Waals surface area contributed by atoms with E-state index in [-0.39, 0.29) is 5.82 Å². The van der Waals surface area contributed by atoms with E-state index < -0.39 is 0 Å². The van der Waals surface area contributed by atoms with Crippen LogP contribution in [0.25, 0.3) is 16.9 Å². The third kappa shape index (κ3) is 2.00. The van der Waals surface area contributed by atoms with E-state index in [0.717, 1.165) is 28.2 Å². The number of fused-ring (bicyclic) bond motifs is 1. The van der Waals surface area contributed by atoms with Gasteiger partial charge in [-0.3, -0.25) is 0 Å². The summed E-state index contributed by atoms with van der Waals surface area (Å²) in [6.45, 7) is 2.41. The van der Waals surface area contributed by atoms with Crippen LogP contribution in [-0.4, -0.2) is 9.38 Å². The predicted molar refractivity (Wildman–Crippen MR) is 73.2 cm³/mol. The van der Waals surface area contributed by atoms with E-state index >= 15 is 0 Å². The summed E-state index contributed by atoms with van der Waals surface area (Å²) in [5.74, 6) is -0.252. The summed E-state index contributed by atoms with van der Waals surface area (Å²) in [6, 6.07) is 10.3. The van der Waals surface area contributed by atoms with Gasteiger partial charge in [-0.1, -0.05) is 0 Å². The number of benzene rings is 1. The zero-order valence-electron chi connectivity index (χ0n) is 10.6. The van der Waals surface area contributed by atoms with Gasteiger partial charge in [0.2, 0.25) is 0 Å². The Balaban J connectivity index is 2.25. The summed E-state index contributed by atoms with van der Waals surface area (Å²) in [5, 5.41) is 0. The molecule has 0 spiro atoms. The molecule has 2 aromatic heterocycles. The Morgan fingerprint density at radius 1 is 1.21 bits per heavy atom. The van der Waals surface area contributed by atoms with E-state index in [1.54, 1.807) is 12.1 Å². The van der Waals surface area contributed by atoms with Gasteiger partial charge in [-0.25, -0.2) is 9.37 Å². The van der Waals surface area contributed by atoms with Crippen LogP contribution in [0, 0.1) is 12.7 Å². The standard InChI is InChI=1S/C15H14FN3/c1-10-6-7-19-13(9-17)15(18-14(19)8-10)11-2-4-12(16)5-3-11/h2-8H,9,17H2,1H3. The average molecular weight is 255 g/mol. The fourth-order valence-electron chi connectivity index (χ4n) is 2.23. The van der Waals surface area contributed by atoms with E-state index in [1.165, 1.54) is 12.1 Å². The molecule has 3 aromatic rings. The molecular formula is C15H14FN3. The van der Waals surface area contributed by atoms with Crippen molar-refractivity contribution in [1.29, 1.82) is 0 Å². The maximum Gasteiger partial charge on any atom is 0.137 e. The van der Waals surface area contributed by atoms with Crippen molar-refractivity contribution in [2.45, 2.75) is 13.5 Å². The van der Waals surface area contributed by atoms with Crippen molar-refractivity contribution >= 4 is 5.65 Å². The molecule has 0 bridgehead atoms. The molecule has 2 N–H and O–H groups in total. The van der Waals surface area contributed by atoms with E-state index in [0.29, 0.717) is 6.54 Å². The number of aromatic nitrogens is 2. The molecule has 4 heteroatoms. The van der Waals surface area contributed by atoms with Crippen molar-refractivity contribution in [3.8, 4) is 11.3 Å². The molecule has 0 amide bonds. The molecular weight excluding hydrogens is 241 g/mol. The normalized spacial score (nSPS) is 11.1. The summed E-state index contributed by atoms with van der Waals surface area (Å²) >= 11 is 0. The third-order valence-electron chi connectivity index (χ3n) is 3.19. The van der Waals surface area contributed by atoms with Crippen molar-refractivity contribution < 1.29 is 4.39 Å². The lowest BCUT2D eigenvalue weighted by Gasteiger charge is -2.02. The second-order valence-electron chi connectivity index (χ2n) is 4.55. The van der Waals surface area contributed by atoms with Gasteiger partial charge in [-0.05, 0) is 48.9 Å². The van der Waals surface area contributed by atoms with E-state index in [4.69, 9.17) is 5.73 Å². The Morgan fingerprint density at radius 3 is 2.63 bits per heavy atom. The summed E-state index contributed by atoms with van der Waals surface area (Å²) < 4.78 is 15.0. The number of halogens is 1. The second-order valence-corrected chi connectivity index (χ2v) is 4.55. The first-order valence-electron chi connectivity index (χ1n) is 6.12. The van der Waals surface area contributed by atoms with Gasteiger partial charge in [0, 0.05) is 18.3 Å². The zero-order valence-corrected chi connectivity index (χ0v) is 10.6. The van der Waals surface area contributed by atoms with Gasteiger partial charge in [0.25, 0.3) is 0 Å². The predicted octanol–water partition coefficient (Wildman–Crippen LogP) is 2.91. The van der Waals surface area contributed by atoms with Crippen LogP contribution in [0.4, 0.5) is 4.39 Å². The Hall–Kier alpha value is -2.20. The highest BCUT2D eigenvalue weighted by Crippen LogP contribution is 2.24. The number of hydrogen-bond donors (Lipinski definition) is 1. The minimum atomic E-state index is -0.252. The average Bonchev–Trinajstić information content (AvgIpc) is 2.77. The van der Waals surface area contributed by atoms with Crippen LogP contribution in [0.15, 0.2) is 42.6 Å². The van der Waals surface area contributed by atoms with Gasteiger partial charge in [0.15, 0.2) is 0 Å². The van der Waals surface area contributed by atoms with Crippen LogP contribution in [0.2, 0.25) is 0 Å². The van der Waals surface area contributed by atoms with Crippen LogP contribution < -0.4 is 5.73 Å². The second kappa shape index (κ2) is 4.48. The molecule has 0 unspecified atom stereocenters. The minimum absolute atomic E-state index is 0.252. The van der Waals surface area contributed by atoms with Gasteiger partial charge in [0.1, 0.15) is 11.5 Å². The van der Waals surface area contributed by atoms with Crippen LogP contribution in [-0.2, 0) is 6.54 Å². The molecule has 0 atom stereocenters. The summed E-state index contributed by atoms with van der Waals surface area (Å²) in [7, 11) is 0. The number of pyridine rings is 1. The van der Waals surface area contributed by atoms with E-state index in [2.05, 4.69) is 4.98 Å². The molecule has 0 saturated heterocycles. The Kier molecular flexibility index (Phi) is 2.80. The lowest BCUT2D eigenvalue weighted by molar-refractivity contribution is 0.628.